The lowest BCUT2D eigenvalue weighted by atomic mass is 9.82. The van der Waals surface area contributed by atoms with Gasteiger partial charge in [0.2, 0.25) is 10.0 Å². The second kappa shape index (κ2) is 8.88. The molecule has 1 saturated heterocycles. The third-order valence-corrected chi connectivity index (χ3v) is 7.23. The van der Waals surface area contributed by atoms with Gasteiger partial charge in [-0.1, -0.05) is 12.1 Å². The number of sulfonamides is 1. The average Bonchev–Trinajstić information content (AvgIpc) is 2.69. The minimum absolute atomic E-state index is 0.0411. The summed E-state index contributed by atoms with van der Waals surface area (Å²) >= 11 is 0. The lowest BCUT2D eigenvalue weighted by Gasteiger charge is -2.41. The van der Waals surface area contributed by atoms with Crippen LogP contribution in [-0.4, -0.2) is 64.1 Å². The second-order valence-corrected chi connectivity index (χ2v) is 10.3. The van der Waals surface area contributed by atoms with Crippen molar-refractivity contribution in [1.82, 2.24) is 9.62 Å². The molecule has 0 aromatic heterocycles. The Kier molecular flexibility index (Phi) is 6.44. The third kappa shape index (κ3) is 5.10. The van der Waals surface area contributed by atoms with Gasteiger partial charge in [-0.25, -0.2) is 17.5 Å². The molecular formula is C21H31FN2O4S. The number of fused-ring (bicyclic) bond motifs is 5. The number of halogens is 1. The van der Waals surface area contributed by atoms with Crippen LogP contribution in [-0.2, 0) is 14.8 Å². The van der Waals surface area contributed by atoms with Crippen molar-refractivity contribution in [2.75, 3.05) is 32.6 Å². The Morgan fingerprint density at radius 2 is 1.93 bits per heavy atom. The summed E-state index contributed by atoms with van der Waals surface area (Å²) in [5.74, 6) is 0.376. The highest BCUT2D eigenvalue weighted by Gasteiger charge is 2.35. The zero-order valence-electron chi connectivity index (χ0n) is 17.0. The van der Waals surface area contributed by atoms with Crippen molar-refractivity contribution in [3.63, 3.8) is 0 Å². The molecule has 162 valence electrons. The van der Waals surface area contributed by atoms with Crippen LogP contribution in [0.5, 0.6) is 5.75 Å². The standard InChI is InChI=1S/C21H31FN2O4S/c1-29(25,26)23-19-6-3-11-24-12-13-27-21-17(4-2-5-18(21)22)15-7-9-16(10-8-15)28-14-20(19)24/h2,4-5,15-16,19-20,23H,3,6-14H2,1H3/t15?,16?,19?,20-/m0/s1. The number of benzene rings is 1. The lowest BCUT2D eigenvalue weighted by Crippen LogP contribution is -2.58. The van der Waals surface area contributed by atoms with E-state index in [1.165, 1.54) is 12.3 Å². The molecule has 0 spiro atoms. The molecule has 8 heteroatoms. The van der Waals surface area contributed by atoms with E-state index < -0.39 is 10.0 Å². The molecule has 1 aromatic carbocycles. The first-order valence-electron chi connectivity index (χ1n) is 10.6. The molecule has 1 aliphatic carbocycles. The van der Waals surface area contributed by atoms with Crippen LogP contribution in [0.25, 0.3) is 0 Å². The zero-order chi connectivity index (χ0) is 20.4. The fraction of sp³-hybridized carbons (Fsp3) is 0.714. The number of ether oxygens (including phenoxy) is 2. The molecule has 1 aromatic rings. The summed E-state index contributed by atoms with van der Waals surface area (Å²) in [5, 5.41) is 0. The van der Waals surface area contributed by atoms with Gasteiger partial charge in [-0.3, -0.25) is 4.90 Å². The topological polar surface area (TPSA) is 67.9 Å². The Bertz CT molecular complexity index is 811. The van der Waals surface area contributed by atoms with Gasteiger partial charge in [-0.05, 0) is 57.1 Å². The molecule has 0 radical (unpaired) electrons. The second-order valence-electron chi connectivity index (χ2n) is 8.56. The van der Waals surface area contributed by atoms with E-state index in [4.69, 9.17) is 9.47 Å². The summed E-state index contributed by atoms with van der Waals surface area (Å²) in [7, 11) is -3.30. The Morgan fingerprint density at radius 1 is 1.14 bits per heavy atom. The summed E-state index contributed by atoms with van der Waals surface area (Å²) < 4.78 is 53.3. The average molecular weight is 427 g/mol. The minimum Gasteiger partial charge on any atom is -0.489 e. The smallest absolute Gasteiger partial charge is 0.209 e. The normalized spacial score (nSPS) is 31.5. The van der Waals surface area contributed by atoms with Crippen LogP contribution < -0.4 is 9.46 Å². The summed E-state index contributed by atoms with van der Waals surface area (Å²) in [6.07, 6.45) is 6.83. The van der Waals surface area contributed by atoms with Crippen molar-refractivity contribution in [1.29, 1.82) is 0 Å². The fourth-order valence-corrected chi connectivity index (χ4v) is 5.90. The number of para-hydroxylation sites is 1. The predicted octanol–water partition coefficient (Wildman–Crippen LogP) is 2.64. The Hall–Kier alpha value is -1.22. The van der Waals surface area contributed by atoms with E-state index in [-0.39, 0.29) is 24.0 Å². The molecule has 2 fully saturated rings. The molecule has 1 N–H and O–H groups in total. The molecule has 4 aliphatic rings. The van der Waals surface area contributed by atoms with E-state index in [0.717, 1.165) is 50.6 Å². The molecule has 1 saturated carbocycles. The molecule has 3 aliphatic heterocycles. The van der Waals surface area contributed by atoms with Gasteiger partial charge in [0.15, 0.2) is 11.6 Å². The third-order valence-electron chi connectivity index (χ3n) is 6.50. The first kappa shape index (κ1) is 21.0. The van der Waals surface area contributed by atoms with E-state index in [9.17, 15) is 12.8 Å². The van der Waals surface area contributed by atoms with E-state index in [2.05, 4.69) is 9.62 Å². The summed E-state index contributed by atoms with van der Waals surface area (Å²) in [6.45, 7) is 2.34. The molecule has 2 bridgehead atoms. The van der Waals surface area contributed by atoms with Crippen molar-refractivity contribution in [2.24, 2.45) is 0 Å². The van der Waals surface area contributed by atoms with Crippen molar-refractivity contribution in [2.45, 2.75) is 62.6 Å². The number of hydrogen-bond donors (Lipinski definition) is 1. The van der Waals surface area contributed by atoms with Gasteiger partial charge in [-0.2, -0.15) is 0 Å². The van der Waals surface area contributed by atoms with Crippen LogP contribution in [0.3, 0.4) is 0 Å². The van der Waals surface area contributed by atoms with Crippen molar-refractivity contribution in [3.05, 3.63) is 29.6 Å². The number of rotatable bonds is 2. The molecule has 0 amide bonds. The minimum atomic E-state index is -3.30. The Balaban J connectivity index is 1.58. The highest BCUT2D eigenvalue weighted by atomic mass is 32.2. The van der Waals surface area contributed by atoms with Crippen LogP contribution in [0.15, 0.2) is 18.2 Å². The van der Waals surface area contributed by atoms with Gasteiger partial charge in [0.1, 0.15) is 6.61 Å². The van der Waals surface area contributed by atoms with Crippen molar-refractivity contribution >= 4 is 10.0 Å². The van der Waals surface area contributed by atoms with Crippen LogP contribution >= 0.6 is 0 Å². The summed E-state index contributed by atoms with van der Waals surface area (Å²) in [5.41, 5.74) is 0.967. The van der Waals surface area contributed by atoms with Crippen LogP contribution in [0.1, 0.15) is 50.0 Å². The monoisotopic (exact) mass is 426 g/mol. The molecule has 5 rings (SSSR count). The number of nitrogens with one attached hydrogen (secondary N) is 1. The molecule has 3 heterocycles. The van der Waals surface area contributed by atoms with Gasteiger partial charge >= 0.3 is 0 Å². The summed E-state index contributed by atoms with van der Waals surface area (Å²) in [4.78, 5) is 2.23. The van der Waals surface area contributed by atoms with E-state index in [1.807, 2.05) is 6.07 Å². The molecule has 29 heavy (non-hydrogen) atoms. The van der Waals surface area contributed by atoms with Crippen molar-refractivity contribution in [3.8, 4) is 5.75 Å². The maximum absolute atomic E-state index is 14.5. The van der Waals surface area contributed by atoms with Gasteiger partial charge < -0.3 is 9.47 Å². The maximum atomic E-state index is 14.5. The number of hydrogen-bond acceptors (Lipinski definition) is 5. The predicted molar refractivity (Wildman–Crippen MR) is 109 cm³/mol. The number of nitrogens with zero attached hydrogens (tertiary/aromatic N) is 1. The molecule has 2 atom stereocenters. The highest BCUT2D eigenvalue weighted by molar-refractivity contribution is 7.88. The SMILES string of the molecule is CS(=O)(=O)NC1CCCN2CCOc3c(F)cccc3C3CCC(CC3)OC[C@@H]12. The molecular weight excluding hydrogens is 395 g/mol. The molecule has 6 nitrogen and oxygen atoms in total. The van der Waals surface area contributed by atoms with E-state index in [0.29, 0.717) is 31.4 Å². The highest BCUT2D eigenvalue weighted by Crippen LogP contribution is 2.39. The molecule has 1 unspecified atom stereocenters. The van der Waals surface area contributed by atoms with Crippen LogP contribution in [0.4, 0.5) is 4.39 Å². The zero-order valence-corrected chi connectivity index (χ0v) is 17.8. The van der Waals surface area contributed by atoms with E-state index in [1.54, 1.807) is 6.07 Å². The fourth-order valence-electron chi connectivity index (χ4n) is 5.08. The lowest BCUT2D eigenvalue weighted by molar-refractivity contribution is -0.0284. The quantitative estimate of drug-likeness (QED) is 0.788. The van der Waals surface area contributed by atoms with Gasteiger partial charge in [0, 0.05) is 24.2 Å². The Morgan fingerprint density at radius 3 is 2.69 bits per heavy atom. The summed E-state index contributed by atoms with van der Waals surface area (Å²) in [6, 6.07) is 4.99. The maximum Gasteiger partial charge on any atom is 0.209 e. The van der Waals surface area contributed by atoms with Gasteiger partial charge in [0.25, 0.3) is 0 Å². The van der Waals surface area contributed by atoms with Gasteiger partial charge in [0.05, 0.1) is 19.0 Å². The van der Waals surface area contributed by atoms with Gasteiger partial charge in [-0.15, -0.1) is 0 Å². The first-order chi connectivity index (χ1) is 13.9. The van der Waals surface area contributed by atoms with E-state index >= 15 is 0 Å². The number of piperidine rings is 1. The van der Waals surface area contributed by atoms with Crippen LogP contribution in [0, 0.1) is 5.82 Å². The first-order valence-corrected chi connectivity index (χ1v) is 12.5. The largest absolute Gasteiger partial charge is 0.489 e. The van der Waals surface area contributed by atoms with Crippen LogP contribution in [0.2, 0.25) is 0 Å². The Labute approximate surface area is 172 Å². The van der Waals surface area contributed by atoms with Crippen molar-refractivity contribution < 1.29 is 22.3 Å².